The molecule has 4 atom stereocenters. The summed E-state index contributed by atoms with van der Waals surface area (Å²) in [5, 5.41) is 28.8. The third-order valence-electron chi connectivity index (χ3n) is 5.06. The second-order valence-electron chi connectivity index (χ2n) is 8.11. The molecule has 0 bridgehead atoms. The Kier molecular flexibility index (Phi) is 10.4. The van der Waals surface area contributed by atoms with E-state index in [9.17, 15) is 28.2 Å². The number of sulfonamides is 1. The molecule has 0 radical (unpaired) electrons. The average Bonchev–Trinajstić information content (AvgIpc) is 3.22. The molecule has 1 aromatic heterocycles. The lowest BCUT2D eigenvalue weighted by molar-refractivity contribution is -0.121. The van der Waals surface area contributed by atoms with Crippen molar-refractivity contribution >= 4 is 38.3 Å². The van der Waals surface area contributed by atoms with E-state index in [0.717, 1.165) is 36.0 Å². The number of hydrogen-bond acceptors (Lipinski definition) is 8. The average molecular weight is 513 g/mol. The number of amides is 2. The molecule has 2 aromatic rings. The minimum Gasteiger partial charge on any atom is -0.388 e. The largest absolute Gasteiger partial charge is 0.388 e. The molecule has 0 aliphatic carbocycles. The SMILES string of the molecule is CCCC[C@@H](NC(C)=O)[C@@H](O)[C@H](O)[C@H](Cc1ccccc1)NC(=O)c1csc(NS(C)(=O)=O)n1. The molecule has 0 saturated heterocycles. The highest BCUT2D eigenvalue weighted by molar-refractivity contribution is 7.92. The number of rotatable bonds is 13. The predicted octanol–water partition coefficient (Wildman–Crippen LogP) is 1.27. The Labute approximate surface area is 203 Å². The predicted molar refractivity (Wildman–Crippen MR) is 131 cm³/mol. The van der Waals surface area contributed by atoms with Crippen LogP contribution < -0.4 is 15.4 Å². The van der Waals surface area contributed by atoms with Crippen LogP contribution in [0.2, 0.25) is 0 Å². The van der Waals surface area contributed by atoms with Crippen LogP contribution in [0.5, 0.6) is 0 Å². The molecule has 1 aromatic carbocycles. The molecule has 188 valence electrons. The zero-order valence-electron chi connectivity index (χ0n) is 19.4. The summed E-state index contributed by atoms with van der Waals surface area (Å²) in [7, 11) is -3.55. The molecule has 0 unspecified atom stereocenters. The number of carbonyl (C=O) groups excluding carboxylic acids is 2. The van der Waals surface area contributed by atoms with Gasteiger partial charge in [0, 0.05) is 12.3 Å². The van der Waals surface area contributed by atoms with E-state index in [2.05, 4.69) is 20.3 Å². The summed E-state index contributed by atoms with van der Waals surface area (Å²) in [6.45, 7) is 3.32. The molecule has 0 fully saturated rings. The van der Waals surface area contributed by atoms with Crippen molar-refractivity contribution in [3.63, 3.8) is 0 Å². The Morgan fingerprint density at radius 3 is 2.32 bits per heavy atom. The molecule has 1 heterocycles. The maximum Gasteiger partial charge on any atom is 0.271 e. The molecule has 34 heavy (non-hydrogen) atoms. The molecule has 0 saturated carbocycles. The standard InChI is InChI=1S/C22H32N4O6S2/c1-4-5-11-16(23-14(2)27)19(28)20(29)17(12-15-9-7-6-8-10-15)24-21(30)18-13-33-22(25-18)26-34(3,31)32/h6-10,13,16-17,19-20,28-29H,4-5,11-12H2,1-3H3,(H,23,27)(H,24,30)(H,25,26)/t16-,17+,19-,20-/m1/s1. The van der Waals surface area contributed by atoms with Gasteiger partial charge in [0.25, 0.3) is 5.91 Å². The van der Waals surface area contributed by atoms with E-state index in [1.54, 1.807) is 0 Å². The van der Waals surface area contributed by atoms with Crippen molar-refractivity contribution in [2.24, 2.45) is 0 Å². The van der Waals surface area contributed by atoms with E-state index in [-0.39, 0.29) is 23.2 Å². The van der Waals surface area contributed by atoms with Gasteiger partial charge in [-0.25, -0.2) is 13.4 Å². The summed E-state index contributed by atoms with van der Waals surface area (Å²) in [6, 6.07) is 7.55. The van der Waals surface area contributed by atoms with Gasteiger partial charge in [0.1, 0.15) is 17.9 Å². The smallest absolute Gasteiger partial charge is 0.271 e. The fourth-order valence-electron chi connectivity index (χ4n) is 3.44. The fourth-order valence-corrected chi connectivity index (χ4v) is 4.98. The van der Waals surface area contributed by atoms with Gasteiger partial charge in [-0.1, -0.05) is 50.1 Å². The monoisotopic (exact) mass is 512 g/mol. The first-order valence-electron chi connectivity index (χ1n) is 10.9. The van der Waals surface area contributed by atoms with E-state index >= 15 is 0 Å². The lowest BCUT2D eigenvalue weighted by atomic mass is 9.91. The zero-order chi connectivity index (χ0) is 25.3. The van der Waals surface area contributed by atoms with Crippen LogP contribution >= 0.6 is 11.3 Å². The summed E-state index contributed by atoms with van der Waals surface area (Å²) in [5.74, 6) is -0.959. The Bertz CT molecular complexity index is 1040. The molecule has 0 aliphatic heterocycles. The third kappa shape index (κ3) is 9.01. The molecule has 10 nitrogen and oxygen atoms in total. The van der Waals surface area contributed by atoms with Gasteiger partial charge in [-0.2, -0.15) is 0 Å². The first-order valence-corrected chi connectivity index (χ1v) is 13.7. The van der Waals surface area contributed by atoms with Crippen LogP contribution in [0.25, 0.3) is 0 Å². The highest BCUT2D eigenvalue weighted by atomic mass is 32.2. The van der Waals surface area contributed by atoms with Gasteiger partial charge in [-0.15, -0.1) is 11.3 Å². The van der Waals surface area contributed by atoms with Crippen molar-refractivity contribution in [2.75, 3.05) is 11.0 Å². The first kappa shape index (κ1) is 27.7. The van der Waals surface area contributed by atoms with Crippen LogP contribution in [0.15, 0.2) is 35.7 Å². The van der Waals surface area contributed by atoms with Crippen molar-refractivity contribution in [1.82, 2.24) is 15.6 Å². The van der Waals surface area contributed by atoms with Gasteiger partial charge in [0.2, 0.25) is 15.9 Å². The molecule has 2 amide bonds. The van der Waals surface area contributed by atoms with Gasteiger partial charge in [-0.3, -0.25) is 14.3 Å². The summed E-state index contributed by atoms with van der Waals surface area (Å²) >= 11 is 0.950. The second kappa shape index (κ2) is 12.8. The number of aliphatic hydroxyl groups is 2. The van der Waals surface area contributed by atoms with E-state index < -0.39 is 40.2 Å². The molecular formula is C22H32N4O6S2. The number of nitrogens with zero attached hydrogens (tertiary/aromatic N) is 1. The summed E-state index contributed by atoms with van der Waals surface area (Å²) in [4.78, 5) is 28.5. The number of benzene rings is 1. The maximum atomic E-state index is 12.9. The molecule has 5 N–H and O–H groups in total. The van der Waals surface area contributed by atoms with E-state index in [1.165, 1.54) is 12.3 Å². The van der Waals surface area contributed by atoms with Gasteiger partial charge in [0.05, 0.1) is 18.3 Å². The van der Waals surface area contributed by atoms with Crippen LogP contribution in [0.3, 0.4) is 0 Å². The van der Waals surface area contributed by atoms with E-state index in [0.29, 0.717) is 6.42 Å². The first-order chi connectivity index (χ1) is 16.0. The normalized spacial score (nSPS) is 15.1. The lowest BCUT2D eigenvalue weighted by Gasteiger charge is -2.32. The van der Waals surface area contributed by atoms with Crippen molar-refractivity contribution in [3.8, 4) is 0 Å². The summed E-state index contributed by atoms with van der Waals surface area (Å²) in [6.07, 6.45) is 0.506. The highest BCUT2D eigenvalue weighted by Gasteiger charge is 2.34. The maximum absolute atomic E-state index is 12.9. The Morgan fingerprint density at radius 2 is 1.74 bits per heavy atom. The zero-order valence-corrected chi connectivity index (χ0v) is 21.0. The number of thiazole rings is 1. The van der Waals surface area contributed by atoms with Crippen LogP contribution in [-0.2, 0) is 21.2 Å². The van der Waals surface area contributed by atoms with E-state index in [1.807, 2.05) is 37.3 Å². The van der Waals surface area contributed by atoms with Crippen LogP contribution in [0.4, 0.5) is 5.13 Å². The number of nitrogens with one attached hydrogen (secondary N) is 3. The topological polar surface area (TPSA) is 158 Å². The summed E-state index contributed by atoms with van der Waals surface area (Å²) in [5.41, 5.74) is 0.793. The number of aromatic nitrogens is 1. The van der Waals surface area contributed by atoms with E-state index in [4.69, 9.17) is 0 Å². The molecule has 2 rings (SSSR count). The third-order valence-corrected chi connectivity index (χ3v) is 6.51. The molecular weight excluding hydrogens is 480 g/mol. The van der Waals surface area contributed by atoms with Gasteiger partial charge < -0.3 is 20.8 Å². The molecule has 0 aliphatic rings. The number of aliphatic hydroxyl groups excluding tert-OH is 2. The van der Waals surface area contributed by atoms with Crippen LogP contribution in [0.1, 0.15) is 49.2 Å². The Hall–Kier alpha value is -2.54. The second-order valence-corrected chi connectivity index (χ2v) is 10.7. The van der Waals surface area contributed by atoms with Gasteiger partial charge in [0.15, 0.2) is 5.13 Å². The summed E-state index contributed by atoms with van der Waals surface area (Å²) < 4.78 is 25.0. The van der Waals surface area contributed by atoms with Crippen molar-refractivity contribution in [2.45, 2.75) is 63.8 Å². The number of hydrogen-bond donors (Lipinski definition) is 5. The number of anilines is 1. The van der Waals surface area contributed by atoms with Crippen LogP contribution in [0, 0.1) is 0 Å². The number of unbranched alkanes of at least 4 members (excludes halogenated alkanes) is 1. The quantitative estimate of drug-likeness (QED) is 0.270. The lowest BCUT2D eigenvalue weighted by Crippen LogP contribution is -2.56. The van der Waals surface area contributed by atoms with Gasteiger partial charge >= 0.3 is 0 Å². The highest BCUT2D eigenvalue weighted by Crippen LogP contribution is 2.18. The van der Waals surface area contributed by atoms with Crippen LogP contribution in [-0.4, -0.2) is 66.0 Å². The van der Waals surface area contributed by atoms with Gasteiger partial charge in [-0.05, 0) is 18.4 Å². The minimum atomic E-state index is -3.55. The van der Waals surface area contributed by atoms with Crippen molar-refractivity contribution in [1.29, 1.82) is 0 Å². The minimum absolute atomic E-state index is 0.0275. The van der Waals surface area contributed by atoms with Crippen molar-refractivity contribution < 1.29 is 28.2 Å². The fraction of sp³-hybridized carbons (Fsp3) is 0.500. The number of carbonyl (C=O) groups is 2. The van der Waals surface area contributed by atoms with Crippen molar-refractivity contribution in [3.05, 3.63) is 47.0 Å². The Balaban J connectivity index is 2.24. The Morgan fingerprint density at radius 1 is 1.09 bits per heavy atom. The molecule has 12 heteroatoms. The molecule has 0 spiro atoms.